The number of H-pyrrole nitrogens is 1. The van der Waals surface area contributed by atoms with Crippen molar-refractivity contribution >= 4 is 39.5 Å². The summed E-state index contributed by atoms with van der Waals surface area (Å²) in [5.74, 6) is -0.167. The summed E-state index contributed by atoms with van der Waals surface area (Å²) in [6, 6.07) is 6.71. The van der Waals surface area contributed by atoms with Gasteiger partial charge in [-0.15, -0.1) is 11.3 Å². The monoisotopic (exact) mass is 369 g/mol. The first kappa shape index (κ1) is 16.3. The Morgan fingerprint density at radius 2 is 1.91 bits per heavy atom. The second-order valence-electron chi connectivity index (χ2n) is 5.04. The van der Waals surface area contributed by atoms with Crippen LogP contribution in [-0.2, 0) is 10.0 Å². The fraction of sp³-hybridized carbons (Fsp3) is 0.286. The van der Waals surface area contributed by atoms with Gasteiger partial charge in [0, 0.05) is 32.4 Å². The Hall–Kier alpha value is -1.55. The zero-order valence-corrected chi connectivity index (χ0v) is 14.6. The quantitative estimate of drug-likeness (QED) is 0.840. The van der Waals surface area contributed by atoms with Gasteiger partial charge in [0.2, 0.25) is 0 Å². The van der Waals surface area contributed by atoms with Gasteiger partial charge in [0.15, 0.2) is 0 Å². The van der Waals surface area contributed by atoms with Gasteiger partial charge >= 0.3 is 0 Å². The van der Waals surface area contributed by atoms with E-state index >= 15 is 0 Å². The topological polar surface area (TPSA) is 73.5 Å². The number of nitrogens with one attached hydrogen (secondary N) is 1. The zero-order chi connectivity index (χ0) is 16.4. The lowest BCUT2D eigenvalue weighted by atomic mass is 10.2. The van der Waals surface area contributed by atoms with Gasteiger partial charge < -0.3 is 9.88 Å². The van der Waals surface area contributed by atoms with Gasteiger partial charge in [0.1, 0.15) is 8.85 Å². The first-order valence-electron chi connectivity index (χ1n) is 7.01. The lowest BCUT2D eigenvalue weighted by Crippen LogP contribution is -2.50. The molecule has 2 aromatic heterocycles. The van der Waals surface area contributed by atoms with Crippen LogP contribution in [0.1, 0.15) is 10.4 Å². The molecule has 0 atom stereocenters. The molecule has 23 heavy (non-hydrogen) atoms. The maximum absolute atomic E-state index is 12.5. The van der Waals surface area contributed by atoms with Crippen molar-refractivity contribution in [2.45, 2.75) is 4.21 Å². The van der Waals surface area contributed by atoms with Crippen molar-refractivity contribution in [1.29, 1.82) is 0 Å². The third kappa shape index (κ3) is 3.23. The summed E-state index contributed by atoms with van der Waals surface area (Å²) in [5.41, 5.74) is 0.442. The van der Waals surface area contributed by atoms with E-state index in [9.17, 15) is 13.2 Å². The van der Waals surface area contributed by atoms with E-state index in [1.807, 2.05) is 0 Å². The Morgan fingerprint density at radius 1 is 1.17 bits per heavy atom. The zero-order valence-electron chi connectivity index (χ0n) is 12.1. The number of carbonyl (C=O) groups excluding carboxylic acids is 1. The Kier molecular flexibility index (Phi) is 4.62. The number of amides is 1. The summed E-state index contributed by atoms with van der Waals surface area (Å²) in [6.45, 7) is 1.28. The summed E-state index contributed by atoms with van der Waals surface area (Å²) in [7, 11) is -3.45. The minimum absolute atomic E-state index is 0.167. The number of piperazine rings is 1. The molecule has 1 aliphatic rings. The molecule has 0 unspecified atom stereocenters. The average molecular weight is 369 g/mol. The number of hydrogen-bond donors (Lipinski definition) is 1. The molecule has 122 valence electrons. The van der Waals surface area contributed by atoms with Crippen molar-refractivity contribution in [2.75, 3.05) is 26.2 Å². The van der Waals surface area contributed by atoms with Crippen LogP contribution >= 0.6 is 23.6 Å². The normalized spacial score (nSPS) is 16.4. The lowest BCUT2D eigenvalue weighted by molar-refractivity contribution is 0.0697. The van der Waals surface area contributed by atoms with E-state index in [1.165, 1.54) is 15.6 Å². The highest BCUT2D eigenvalue weighted by atomic mass is 32.2. The van der Waals surface area contributed by atoms with E-state index in [2.05, 4.69) is 4.98 Å². The Labute approximate surface area is 143 Å². The summed E-state index contributed by atoms with van der Waals surface area (Å²) in [5, 5.41) is 1.74. The molecule has 0 spiro atoms. The van der Waals surface area contributed by atoms with Crippen molar-refractivity contribution < 1.29 is 13.2 Å². The standard InChI is InChI=1S/C14H15N3O3S3/c18-14(11-3-1-5-15-13(11)21)16-6-8-17(9-7-16)23(19,20)12-4-2-10-22-12/h1-5,10H,6-9H2,(H,15,21). The average Bonchev–Trinajstić information content (AvgIpc) is 3.10. The van der Waals surface area contributed by atoms with Crippen LogP contribution < -0.4 is 0 Å². The van der Waals surface area contributed by atoms with Crippen molar-refractivity contribution in [2.24, 2.45) is 0 Å². The van der Waals surface area contributed by atoms with Crippen LogP contribution in [-0.4, -0.2) is 54.7 Å². The summed E-state index contributed by atoms with van der Waals surface area (Å²) >= 11 is 6.33. The minimum Gasteiger partial charge on any atom is -0.352 e. The number of rotatable bonds is 3. The molecule has 2 aromatic rings. The largest absolute Gasteiger partial charge is 0.352 e. The van der Waals surface area contributed by atoms with E-state index in [-0.39, 0.29) is 19.0 Å². The first-order chi connectivity index (χ1) is 11.0. The van der Waals surface area contributed by atoms with Gasteiger partial charge in [0.05, 0.1) is 5.56 Å². The van der Waals surface area contributed by atoms with Crippen molar-refractivity contribution in [3.63, 3.8) is 0 Å². The third-order valence-electron chi connectivity index (χ3n) is 3.66. The minimum atomic E-state index is -3.45. The highest BCUT2D eigenvalue weighted by Gasteiger charge is 2.31. The summed E-state index contributed by atoms with van der Waals surface area (Å²) in [6.07, 6.45) is 1.67. The highest BCUT2D eigenvalue weighted by molar-refractivity contribution is 7.91. The van der Waals surface area contributed by atoms with Crippen LogP contribution in [0.25, 0.3) is 0 Å². The fourth-order valence-corrected chi connectivity index (χ4v) is 5.22. The maximum Gasteiger partial charge on any atom is 0.256 e. The number of sulfonamides is 1. The third-order valence-corrected chi connectivity index (χ3v) is 7.27. The van der Waals surface area contributed by atoms with Crippen molar-refractivity contribution in [3.05, 3.63) is 46.0 Å². The van der Waals surface area contributed by atoms with Gasteiger partial charge in [-0.3, -0.25) is 4.79 Å². The Bertz CT molecular complexity index is 851. The van der Waals surface area contributed by atoms with Crippen LogP contribution in [0.4, 0.5) is 0 Å². The molecule has 0 aliphatic carbocycles. The molecular weight excluding hydrogens is 354 g/mol. The van der Waals surface area contributed by atoms with E-state index in [4.69, 9.17) is 12.2 Å². The maximum atomic E-state index is 12.5. The number of aromatic amines is 1. The van der Waals surface area contributed by atoms with Gasteiger partial charge in [-0.1, -0.05) is 18.3 Å². The molecule has 1 saturated heterocycles. The number of nitrogens with zero attached hydrogens (tertiary/aromatic N) is 2. The Balaban J connectivity index is 1.71. The van der Waals surface area contributed by atoms with Crippen LogP contribution in [0.5, 0.6) is 0 Å². The molecule has 1 N–H and O–H groups in total. The lowest BCUT2D eigenvalue weighted by Gasteiger charge is -2.33. The second kappa shape index (κ2) is 6.52. The predicted molar refractivity (Wildman–Crippen MR) is 90.6 cm³/mol. The molecule has 6 nitrogen and oxygen atoms in total. The van der Waals surface area contributed by atoms with Gasteiger partial charge in [-0.2, -0.15) is 4.31 Å². The van der Waals surface area contributed by atoms with E-state index in [0.717, 1.165) is 0 Å². The highest BCUT2D eigenvalue weighted by Crippen LogP contribution is 2.22. The molecule has 3 rings (SSSR count). The van der Waals surface area contributed by atoms with Gasteiger partial charge in [0.25, 0.3) is 15.9 Å². The Morgan fingerprint density at radius 3 is 2.52 bits per heavy atom. The van der Waals surface area contributed by atoms with E-state index < -0.39 is 10.0 Å². The van der Waals surface area contributed by atoms with Crippen molar-refractivity contribution in [3.8, 4) is 0 Å². The second-order valence-corrected chi connectivity index (χ2v) is 8.56. The molecule has 1 amide bonds. The summed E-state index contributed by atoms with van der Waals surface area (Å²) in [4.78, 5) is 17.0. The first-order valence-corrected chi connectivity index (χ1v) is 9.73. The number of thiophene rings is 1. The molecule has 1 fully saturated rings. The van der Waals surface area contributed by atoms with Crippen LogP contribution in [0.3, 0.4) is 0 Å². The molecule has 0 saturated carbocycles. The van der Waals surface area contributed by atoms with Gasteiger partial charge in [-0.25, -0.2) is 8.42 Å². The number of carbonyl (C=O) groups is 1. The molecule has 0 radical (unpaired) electrons. The molecule has 0 bridgehead atoms. The predicted octanol–water partition coefficient (Wildman–Crippen LogP) is 1.95. The van der Waals surface area contributed by atoms with Gasteiger partial charge in [-0.05, 0) is 23.6 Å². The van der Waals surface area contributed by atoms with Crippen LogP contribution in [0, 0.1) is 4.64 Å². The molecule has 1 aliphatic heterocycles. The number of hydrogen-bond acceptors (Lipinski definition) is 5. The fourth-order valence-electron chi connectivity index (χ4n) is 2.43. The van der Waals surface area contributed by atoms with Crippen molar-refractivity contribution in [1.82, 2.24) is 14.2 Å². The summed E-state index contributed by atoms with van der Waals surface area (Å²) < 4.78 is 27.1. The number of aromatic nitrogens is 1. The molecular formula is C14H15N3O3S3. The molecule has 9 heteroatoms. The molecule has 0 aromatic carbocycles. The van der Waals surface area contributed by atoms with Crippen LogP contribution in [0.15, 0.2) is 40.1 Å². The molecule has 3 heterocycles. The number of pyridine rings is 1. The van der Waals surface area contributed by atoms with E-state index in [1.54, 1.807) is 40.7 Å². The SMILES string of the molecule is O=C(c1ccc[nH]c1=S)N1CCN(S(=O)(=O)c2cccs2)CC1. The smallest absolute Gasteiger partial charge is 0.256 e. The van der Waals surface area contributed by atoms with Crippen LogP contribution in [0.2, 0.25) is 0 Å². The van der Waals surface area contributed by atoms with E-state index in [0.29, 0.717) is 27.5 Å².